The molecule has 0 heterocycles. The third-order valence-electron chi connectivity index (χ3n) is 23.9. The van der Waals surface area contributed by atoms with Crippen molar-refractivity contribution in [3.05, 3.63) is 259 Å². The Balaban J connectivity index is 0.000000390. The quantitative estimate of drug-likeness (QED) is 0.0130. The zero-order chi connectivity index (χ0) is 80.7. The van der Waals surface area contributed by atoms with Crippen molar-refractivity contribution in [2.75, 3.05) is 76.7 Å². The van der Waals surface area contributed by atoms with Crippen molar-refractivity contribution >= 4 is 97.8 Å². The van der Waals surface area contributed by atoms with Gasteiger partial charge in [-0.25, -0.2) is 0 Å². The summed E-state index contributed by atoms with van der Waals surface area (Å²) < 4.78 is 1.75. The summed E-state index contributed by atoms with van der Waals surface area (Å²) in [4.78, 5) is 12.8. The Labute approximate surface area is 719 Å². The SMILES string of the molecule is BrCBr.BrCBr.CCCCCCC1(CCCCCC)c2ccccc2-c2ccc(N(CN(C)CN(c3ccccc3)c3ccccc3)CN(C)CN(c3ccccc3)c3ccc4c(c3)C(CCCCCC)(CCCCCC)c3ccccc3-4)cc21.CN.[CH2+]CCCCCC1(CCCCCC)c2ccccc2-c2ccc(N)cc21. The predicted octanol–water partition coefficient (Wildman–Crippen LogP) is 30.6. The highest BCUT2D eigenvalue weighted by atomic mass is 79.9. The average molecular weight is 1780 g/mol. The fraction of sp³-hybridized carbons (Fsp3) is 0.461. The standard InChI is InChI=1S/C74H95N5.C25H34N.2CH2Br2.CH5N/c1-7-11-15-32-50-73(51-33-16-12-8-2)69-44-30-28-42-65(69)67-48-46-63(54-71(67)73)77(56-75(5)58-78(60-36-22-19-23-37-60)61-38-24-20-25-39-61)57-76(6)59-79(62-40-26-21-27-41-62)64-47-49-68-66-43-29-31-45-70(66)74(72(68)55-64,52-34-17-13-9-3)53-35-18-14-10-4;1-3-5-7-11-17-25(18-12-8-6-4-2)23-14-10-9-13-21(23)22-16-15-20(26)19-24(22)25;2*2-1-3;1-2/h19-31,36-49,54-55H,7-18,32-35,50-53,56-59H2,1-6H3;9-10,13-16,19H,1,3-8,11-12,17-18,26H2,2H3;2*1H2;2H2,1H3/q;+1;;;. The summed E-state index contributed by atoms with van der Waals surface area (Å²) in [7, 11) is 6.14. The molecule has 0 aliphatic heterocycles. The van der Waals surface area contributed by atoms with Crippen LogP contribution in [0, 0.1) is 6.92 Å². The van der Waals surface area contributed by atoms with Crippen LogP contribution in [0.3, 0.4) is 0 Å². The minimum absolute atomic E-state index is 0.00285. The number of rotatable bonds is 43. The average Bonchev–Trinajstić information content (AvgIpc) is 1.59. The third kappa shape index (κ3) is 24.5. The molecule has 1 atom stereocenters. The van der Waals surface area contributed by atoms with Gasteiger partial charge in [0.15, 0.2) is 0 Å². The van der Waals surface area contributed by atoms with Gasteiger partial charge < -0.3 is 26.2 Å². The molecule has 0 spiro atoms. The zero-order valence-corrected chi connectivity index (χ0v) is 76.7. The second kappa shape index (κ2) is 49.8. The number of alkyl halides is 4. The van der Waals surface area contributed by atoms with E-state index in [0.717, 1.165) is 47.3 Å². The molecule has 0 bridgehead atoms. The van der Waals surface area contributed by atoms with Crippen LogP contribution < -0.4 is 26.2 Å². The van der Waals surface area contributed by atoms with Gasteiger partial charge >= 0.3 is 0 Å². The Hall–Kier alpha value is -6.15. The van der Waals surface area contributed by atoms with E-state index in [1.165, 1.54) is 266 Å². The maximum absolute atomic E-state index is 6.23. The van der Waals surface area contributed by atoms with Gasteiger partial charge in [-0.15, -0.1) is 0 Å². The van der Waals surface area contributed by atoms with Crippen LogP contribution in [0.4, 0.5) is 34.1 Å². The van der Waals surface area contributed by atoms with E-state index in [-0.39, 0.29) is 16.2 Å². The summed E-state index contributed by atoms with van der Waals surface area (Å²) in [5.41, 5.74) is 35.8. The first-order valence-electron chi connectivity index (χ1n) is 43.3. The number of nitrogens with zero attached hydrogens (tertiary/aromatic N) is 5. The summed E-state index contributed by atoms with van der Waals surface area (Å²) in [6, 6.07) is 82.7. The van der Waals surface area contributed by atoms with Crippen LogP contribution in [0.25, 0.3) is 33.4 Å². The molecule has 608 valence electrons. The molecule has 12 rings (SSSR count). The molecular formula is C102H138Br4N7+. The number of fused-ring (bicyclic) bond motifs is 9. The Morgan fingerprint density at radius 3 is 0.876 bits per heavy atom. The normalized spacial score (nSPS) is 14.0. The van der Waals surface area contributed by atoms with E-state index in [9.17, 15) is 0 Å². The van der Waals surface area contributed by atoms with Crippen LogP contribution in [-0.2, 0) is 16.2 Å². The number of anilines is 6. The maximum Gasteiger partial charge on any atom is 0.0850 e. The molecule has 11 heteroatoms. The molecule has 113 heavy (non-hydrogen) atoms. The molecular weight excluding hydrogens is 1640 g/mol. The number of hydrogen-bond donors (Lipinski definition) is 2. The Morgan fingerprint density at radius 1 is 0.283 bits per heavy atom. The summed E-state index contributed by atoms with van der Waals surface area (Å²) >= 11 is 12.2. The molecule has 0 radical (unpaired) electrons. The van der Waals surface area contributed by atoms with Crippen molar-refractivity contribution in [3.63, 3.8) is 0 Å². The van der Waals surface area contributed by atoms with Gasteiger partial charge in [0.25, 0.3) is 0 Å². The number of halogens is 4. The van der Waals surface area contributed by atoms with Crippen LogP contribution in [0.15, 0.2) is 218 Å². The van der Waals surface area contributed by atoms with Crippen molar-refractivity contribution < 1.29 is 0 Å². The predicted molar refractivity (Wildman–Crippen MR) is 511 cm³/mol. The molecule has 0 saturated carbocycles. The largest absolute Gasteiger partial charge is 0.399 e. The minimum Gasteiger partial charge on any atom is -0.399 e. The molecule has 0 fully saturated rings. The third-order valence-corrected chi connectivity index (χ3v) is 23.9. The molecule has 1 unspecified atom stereocenters. The van der Waals surface area contributed by atoms with E-state index in [0.29, 0.717) is 0 Å². The number of nitrogens with two attached hydrogens (primary N) is 2. The summed E-state index contributed by atoms with van der Waals surface area (Å²) in [5.74, 6) is 0. The van der Waals surface area contributed by atoms with Crippen LogP contribution in [0.2, 0.25) is 0 Å². The number of benzene rings is 9. The van der Waals surface area contributed by atoms with Gasteiger partial charge in [0.05, 0.1) is 48.5 Å². The Kier molecular flexibility index (Phi) is 40.7. The lowest BCUT2D eigenvalue weighted by Gasteiger charge is -2.39. The van der Waals surface area contributed by atoms with E-state index in [4.69, 9.17) is 5.73 Å². The monoisotopic (exact) mass is 1780 g/mol. The van der Waals surface area contributed by atoms with E-state index < -0.39 is 0 Å². The summed E-state index contributed by atoms with van der Waals surface area (Å²) in [6.45, 7) is 18.6. The molecule has 4 N–H and O–H groups in total. The van der Waals surface area contributed by atoms with Crippen molar-refractivity contribution in [2.45, 2.75) is 243 Å². The van der Waals surface area contributed by atoms with Crippen molar-refractivity contribution in [1.29, 1.82) is 0 Å². The van der Waals surface area contributed by atoms with Crippen LogP contribution in [-0.4, -0.2) is 66.1 Å². The first kappa shape index (κ1) is 92.4. The van der Waals surface area contributed by atoms with E-state index in [1.807, 2.05) is 0 Å². The zero-order valence-electron chi connectivity index (χ0n) is 70.4. The second-order valence-electron chi connectivity index (χ2n) is 31.7. The lowest BCUT2D eigenvalue weighted by molar-refractivity contribution is 0.286. The molecule has 9 aromatic carbocycles. The highest BCUT2D eigenvalue weighted by Gasteiger charge is 2.45. The van der Waals surface area contributed by atoms with Gasteiger partial charge in [0.1, 0.15) is 0 Å². The molecule has 9 aromatic rings. The van der Waals surface area contributed by atoms with Crippen molar-refractivity contribution in [3.8, 4) is 33.4 Å². The molecule has 7 nitrogen and oxygen atoms in total. The molecule has 0 amide bonds. The van der Waals surface area contributed by atoms with E-state index in [2.05, 4.69) is 368 Å². The van der Waals surface area contributed by atoms with Gasteiger partial charge in [0, 0.05) is 50.4 Å². The fourth-order valence-corrected chi connectivity index (χ4v) is 18.6. The highest BCUT2D eigenvalue weighted by Crippen LogP contribution is 2.58. The highest BCUT2D eigenvalue weighted by molar-refractivity contribution is 9.24. The summed E-state index contributed by atoms with van der Waals surface area (Å²) in [6.07, 6.45) is 37.8. The van der Waals surface area contributed by atoms with Crippen LogP contribution in [0.1, 0.15) is 261 Å². The summed E-state index contributed by atoms with van der Waals surface area (Å²) in [5, 5.41) is 0. The molecule has 3 aliphatic rings. The van der Waals surface area contributed by atoms with Gasteiger partial charge in [-0.3, -0.25) is 9.80 Å². The number of hydrogen-bond acceptors (Lipinski definition) is 7. The lowest BCUT2D eigenvalue weighted by atomic mass is 9.70. The maximum atomic E-state index is 6.23. The topological polar surface area (TPSA) is 68.2 Å². The minimum atomic E-state index is 0.00285. The van der Waals surface area contributed by atoms with Crippen LogP contribution >= 0.6 is 63.7 Å². The lowest BCUT2D eigenvalue weighted by Crippen LogP contribution is -2.47. The molecule has 0 saturated heterocycles. The number of nitrogen functional groups attached to an aromatic ring is 1. The van der Waals surface area contributed by atoms with Gasteiger partial charge in [-0.1, -0.05) is 379 Å². The Bertz CT molecular complexity index is 4050. The number of unbranched alkanes of at least 4 members (excludes halogenated alkanes) is 18. The van der Waals surface area contributed by atoms with Gasteiger partial charge in [-0.05, 0) is 212 Å². The first-order valence-corrected chi connectivity index (χ1v) is 47.8. The molecule has 3 aliphatic carbocycles. The fourth-order valence-electron chi connectivity index (χ4n) is 18.6. The molecule has 0 aromatic heterocycles. The van der Waals surface area contributed by atoms with E-state index in [1.54, 1.807) is 22.3 Å². The van der Waals surface area contributed by atoms with Gasteiger partial charge in [-0.2, -0.15) is 0 Å². The smallest absolute Gasteiger partial charge is 0.0850 e. The van der Waals surface area contributed by atoms with E-state index >= 15 is 0 Å². The second-order valence-corrected chi connectivity index (χ2v) is 37.0. The Morgan fingerprint density at radius 2 is 0.549 bits per heavy atom. The number of para-hydroxylation sites is 3. The first-order chi connectivity index (χ1) is 55.4. The van der Waals surface area contributed by atoms with Crippen LogP contribution in [0.5, 0.6) is 0 Å². The van der Waals surface area contributed by atoms with Gasteiger partial charge in [0.2, 0.25) is 0 Å². The van der Waals surface area contributed by atoms with Crippen molar-refractivity contribution in [1.82, 2.24) is 9.80 Å². The van der Waals surface area contributed by atoms with Crippen molar-refractivity contribution in [2.24, 2.45) is 5.73 Å².